The number of anilines is 1. The minimum atomic E-state index is -3.79. The number of benzene rings is 1. The lowest BCUT2D eigenvalue weighted by Gasteiger charge is -2.10. The van der Waals surface area contributed by atoms with E-state index in [1.54, 1.807) is 18.2 Å². The Morgan fingerprint density at radius 2 is 1.86 bits per heavy atom. The highest BCUT2D eigenvalue weighted by Crippen LogP contribution is 2.18. The van der Waals surface area contributed by atoms with Crippen molar-refractivity contribution in [2.45, 2.75) is 6.92 Å². The quantitative estimate of drug-likeness (QED) is 0.747. The topological polar surface area (TPSA) is 101 Å². The summed E-state index contributed by atoms with van der Waals surface area (Å²) in [5.74, 6) is 4.13. The summed E-state index contributed by atoms with van der Waals surface area (Å²) in [5.41, 5.74) is 1.57. The van der Waals surface area contributed by atoms with Crippen molar-refractivity contribution in [3.63, 3.8) is 0 Å². The summed E-state index contributed by atoms with van der Waals surface area (Å²) in [6, 6.07) is 4.93. The zero-order valence-electron chi connectivity index (χ0n) is 11.8. The zero-order valence-corrected chi connectivity index (χ0v) is 13.4. The molecule has 6 nitrogen and oxygen atoms in total. The van der Waals surface area contributed by atoms with E-state index in [2.05, 4.69) is 16.6 Å². The molecule has 0 bridgehead atoms. The molecule has 8 heteroatoms. The molecular formula is C13H17NO5S2. The van der Waals surface area contributed by atoms with Gasteiger partial charge in [-0.1, -0.05) is 17.9 Å². The van der Waals surface area contributed by atoms with Crippen LogP contribution in [0.2, 0.25) is 0 Å². The van der Waals surface area contributed by atoms with Crippen molar-refractivity contribution in [3.05, 3.63) is 29.3 Å². The van der Waals surface area contributed by atoms with Crippen LogP contribution in [0.25, 0.3) is 0 Å². The Labute approximate surface area is 125 Å². The van der Waals surface area contributed by atoms with E-state index in [4.69, 9.17) is 5.11 Å². The molecule has 0 unspecified atom stereocenters. The maximum Gasteiger partial charge on any atom is 0.233 e. The monoisotopic (exact) mass is 331 g/mol. The lowest BCUT2D eigenvalue weighted by Crippen LogP contribution is -2.22. The van der Waals surface area contributed by atoms with E-state index in [1.165, 1.54) is 0 Å². The predicted octanol–water partition coefficient (Wildman–Crippen LogP) is 0.125. The van der Waals surface area contributed by atoms with Crippen LogP contribution in [-0.4, -0.2) is 46.3 Å². The molecule has 0 aromatic heterocycles. The van der Waals surface area contributed by atoms with Crippen LogP contribution < -0.4 is 4.72 Å². The van der Waals surface area contributed by atoms with E-state index in [0.717, 1.165) is 11.8 Å². The number of aryl methyl sites for hydroxylation is 1. The van der Waals surface area contributed by atoms with Crippen molar-refractivity contribution in [2.75, 3.05) is 29.1 Å². The average molecular weight is 331 g/mol. The molecule has 0 amide bonds. The van der Waals surface area contributed by atoms with Gasteiger partial charge < -0.3 is 5.11 Å². The van der Waals surface area contributed by atoms with Gasteiger partial charge in [0.1, 0.15) is 16.4 Å². The Bertz CT molecular complexity index is 771. The Morgan fingerprint density at radius 1 is 1.19 bits per heavy atom. The highest BCUT2D eigenvalue weighted by Gasteiger charge is 2.15. The first kappa shape index (κ1) is 17.5. The molecule has 0 saturated heterocycles. The van der Waals surface area contributed by atoms with Gasteiger partial charge in [0.2, 0.25) is 10.0 Å². The molecule has 1 rings (SSSR count). The fourth-order valence-electron chi connectivity index (χ4n) is 1.46. The third-order valence-corrected chi connectivity index (χ3v) is 4.94. The van der Waals surface area contributed by atoms with Gasteiger partial charge in [0.15, 0.2) is 0 Å². The summed E-state index contributed by atoms with van der Waals surface area (Å²) in [6.07, 6.45) is 0.979. The Balaban J connectivity index is 3.01. The molecule has 0 aliphatic heterocycles. The van der Waals surface area contributed by atoms with Gasteiger partial charge in [0, 0.05) is 11.8 Å². The smallest absolute Gasteiger partial charge is 0.233 e. The molecule has 0 atom stereocenters. The molecule has 1 aromatic rings. The summed E-state index contributed by atoms with van der Waals surface area (Å²) < 4.78 is 48.2. The van der Waals surface area contributed by atoms with Crippen molar-refractivity contribution in [1.29, 1.82) is 0 Å². The van der Waals surface area contributed by atoms with Gasteiger partial charge in [-0.15, -0.1) is 0 Å². The first-order valence-electron chi connectivity index (χ1n) is 6.01. The molecule has 116 valence electrons. The van der Waals surface area contributed by atoms with Crippen LogP contribution in [0.1, 0.15) is 11.1 Å². The van der Waals surface area contributed by atoms with Crippen molar-refractivity contribution in [2.24, 2.45) is 0 Å². The van der Waals surface area contributed by atoms with Crippen molar-refractivity contribution in [1.82, 2.24) is 0 Å². The second-order valence-electron chi connectivity index (χ2n) is 4.56. The van der Waals surface area contributed by atoms with E-state index < -0.39 is 31.4 Å². The van der Waals surface area contributed by atoms with Crippen LogP contribution in [0.3, 0.4) is 0 Å². The number of aliphatic hydroxyl groups excluding tert-OH is 1. The molecule has 0 saturated carbocycles. The molecule has 0 fully saturated rings. The highest BCUT2D eigenvalue weighted by molar-refractivity contribution is 7.95. The first-order chi connectivity index (χ1) is 9.63. The molecule has 0 aliphatic rings. The third kappa shape index (κ3) is 6.62. The Hall–Kier alpha value is -1.56. The first-order valence-corrected chi connectivity index (χ1v) is 9.73. The molecule has 21 heavy (non-hydrogen) atoms. The van der Waals surface area contributed by atoms with E-state index in [-0.39, 0.29) is 12.3 Å². The number of hydrogen-bond donors (Lipinski definition) is 2. The second-order valence-corrected chi connectivity index (χ2v) is 8.66. The largest absolute Gasteiger partial charge is 0.384 e. The minimum absolute atomic E-state index is 0.259. The standard InChI is InChI=1S/C13H17NO5S2/c1-11-5-6-13(12(10-11)4-3-7-15)14-21(18,19)9-8-20(2,16)17/h5-6,10,14-15H,7-9H2,1-2H3. The third-order valence-electron chi connectivity index (χ3n) is 2.47. The van der Waals surface area contributed by atoms with Gasteiger partial charge in [0.05, 0.1) is 17.2 Å². The lowest BCUT2D eigenvalue weighted by atomic mass is 10.1. The lowest BCUT2D eigenvalue weighted by molar-refractivity contribution is 0.350. The van der Waals surface area contributed by atoms with E-state index in [9.17, 15) is 16.8 Å². The number of sulfonamides is 1. The fraction of sp³-hybridized carbons (Fsp3) is 0.385. The van der Waals surface area contributed by atoms with E-state index >= 15 is 0 Å². The summed E-state index contributed by atoms with van der Waals surface area (Å²) in [5, 5.41) is 8.72. The maximum absolute atomic E-state index is 11.9. The highest BCUT2D eigenvalue weighted by atomic mass is 32.2. The maximum atomic E-state index is 11.9. The van der Waals surface area contributed by atoms with Crippen LogP contribution in [0.4, 0.5) is 5.69 Å². The van der Waals surface area contributed by atoms with E-state index in [1.807, 2.05) is 6.92 Å². The Morgan fingerprint density at radius 3 is 2.43 bits per heavy atom. The molecule has 2 N–H and O–H groups in total. The van der Waals surface area contributed by atoms with Gasteiger partial charge in [-0.2, -0.15) is 0 Å². The number of nitrogens with one attached hydrogen (secondary N) is 1. The fourth-order valence-corrected chi connectivity index (χ4v) is 4.17. The summed E-state index contributed by atoms with van der Waals surface area (Å²) >= 11 is 0. The average Bonchev–Trinajstić information content (AvgIpc) is 2.36. The molecule has 0 radical (unpaired) electrons. The van der Waals surface area contributed by atoms with Crippen molar-refractivity contribution < 1.29 is 21.9 Å². The molecule has 0 aliphatic carbocycles. The zero-order chi connectivity index (χ0) is 16.1. The Kier molecular flexibility index (Phi) is 5.78. The number of rotatable bonds is 5. The van der Waals surface area contributed by atoms with Gasteiger partial charge in [-0.05, 0) is 24.6 Å². The van der Waals surface area contributed by atoms with Crippen LogP contribution >= 0.6 is 0 Å². The van der Waals surface area contributed by atoms with Crippen LogP contribution in [0, 0.1) is 18.8 Å². The molecular weight excluding hydrogens is 314 g/mol. The summed E-state index contributed by atoms with van der Waals surface area (Å²) in [7, 11) is -7.15. The number of sulfone groups is 1. The normalized spacial score (nSPS) is 11.6. The minimum Gasteiger partial charge on any atom is -0.384 e. The number of aliphatic hydroxyl groups is 1. The van der Waals surface area contributed by atoms with Gasteiger partial charge in [0.25, 0.3) is 0 Å². The second kappa shape index (κ2) is 6.93. The van der Waals surface area contributed by atoms with Crippen molar-refractivity contribution in [3.8, 4) is 11.8 Å². The molecule has 0 spiro atoms. The van der Waals surface area contributed by atoms with E-state index in [0.29, 0.717) is 5.56 Å². The summed E-state index contributed by atoms with van der Waals surface area (Å²) in [6.45, 7) is 1.49. The van der Waals surface area contributed by atoms with Crippen molar-refractivity contribution >= 4 is 25.5 Å². The predicted molar refractivity (Wildman–Crippen MR) is 82.3 cm³/mol. The van der Waals surface area contributed by atoms with Crippen LogP contribution in [0.15, 0.2) is 18.2 Å². The molecule has 0 heterocycles. The van der Waals surface area contributed by atoms with Gasteiger partial charge in [-0.25, -0.2) is 16.8 Å². The van der Waals surface area contributed by atoms with Gasteiger partial charge >= 0.3 is 0 Å². The SMILES string of the molecule is Cc1ccc(NS(=O)(=O)CCS(C)(=O)=O)c(C#CCO)c1. The number of hydrogen-bond acceptors (Lipinski definition) is 5. The van der Waals surface area contributed by atoms with Crippen LogP contribution in [0.5, 0.6) is 0 Å². The summed E-state index contributed by atoms with van der Waals surface area (Å²) in [4.78, 5) is 0. The molecule has 1 aromatic carbocycles. The van der Waals surface area contributed by atoms with Gasteiger partial charge in [-0.3, -0.25) is 4.72 Å². The van der Waals surface area contributed by atoms with Crippen LogP contribution in [-0.2, 0) is 19.9 Å².